The minimum absolute atomic E-state index is 1.10. The summed E-state index contributed by atoms with van der Waals surface area (Å²) in [5.41, 5.74) is 3.52. The van der Waals surface area contributed by atoms with Crippen molar-refractivity contribution in [3.05, 3.63) is 59.9 Å². The van der Waals surface area contributed by atoms with Crippen molar-refractivity contribution in [1.82, 2.24) is 0 Å². The molecule has 1 N–H and O–H groups in total. The molecule has 2 heteroatoms. The Morgan fingerprint density at radius 2 is 1.71 bits per heavy atom. The largest absolute Gasteiger partial charge is 0.378 e. The summed E-state index contributed by atoms with van der Waals surface area (Å²) in [6, 6.07) is 14.5. The summed E-state index contributed by atoms with van der Waals surface area (Å²) >= 11 is 0. The Kier molecular flexibility index (Phi) is 3.55. The Bertz CT molecular complexity index is 484. The standard InChI is InChI=1S/C15H16N2/c1-17(2)15-10-7-13(8-11-15)6-9-14-5-3-4-12-16-14/h3-12H,1-2H3/p+1/b9-6+. The molecule has 0 saturated carbocycles. The third kappa shape index (κ3) is 3.18. The van der Waals surface area contributed by atoms with Gasteiger partial charge in [0.2, 0.25) is 5.69 Å². The van der Waals surface area contributed by atoms with Gasteiger partial charge in [-0.15, -0.1) is 0 Å². The lowest BCUT2D eigenvalue weighted by Gasteiger charge is -2.11. The lowest BCUT2D eigenvalue weighted by atomic mass is 10.1. The molecule has 86 valence electrons. The van der Waals surface area contributed by atoms with Crippen LogP contribution in [0.5, 0.6) is 0 Å². The number of rotatable bonds is 3. The summed E-state index contributed by atoms with van der Waals surface area (Å²) in [4.78, 5) is 5.27. The third-order valence-electron chi connectivity index (χ3n) is 2.60. The van der Waals surface area contributed by atoms with Gasteiger partial charge in [0.05, 0.1) is 0 Å². The van der Waals surface area contributed by atoms with Crippen molar-refractivity contribution in [1.29, 1.82) is 0 Å². The van der Waals surface area contributed by atoms with Crippen molar-refractivity contribution in [3.63, 3.8) is 0 Å². The van der Waals surface area contributed by atoms with E-state index in [-0.39, 0.29) is 0 Å². The number of hydrogen-bond donors (Lipinski definition) is 0. The summed E-state index contributed by atoms with van der Waals surface area (Å²) in [7, 11) is 4.09. The van der Waals surface area contributed by atoms with Gasteiger partial charge >= 0.3 is 0 Å². The summed E-state index contributed by atoms with van der Waals surface area (Å²) < 4.78 is 0. The van der Waals surface area contributed by atoms with Crippen molar-refractivity contribution in [2.24, 2.45) is 0 Å². The van der Waals surface area contributed by atoms with Crippen molar-refractivity contribution in [2.75, 3.05) is 19.0 Å². The van der Waals surface area contributed by atoms with Crippen LogP contribution in [-0.4, -0.2) is 14.1 Å². The smallest absolute Gasteiger partial charge is 0.203 e. The van der Waals surface area contributed by atoms with Crippen LogP contribution >= 0.6 is 0 Å². The zero-order chi connectivity index (χ0) is 12.1. The van der Waals surface area contributed by atoms with Crippen LogP contribution in [0, 0.1) is 0 Å². The maximum Gasteiger partial charge on any atom is 0.203 e. The molecule has 0 radical (unpaired) electrons. The van der Waals surface area contributed by atoms with E-state index >= 15 is 0 Å². The van der Waals surface area contributed by atoms with Crippen LogP contribution in [0.4, 0.5) is 5.69 Å². The number of nitrogens with one attached hydrogen (secondary N) is 1. The van der Waals surface area contributed by atoms with Gasteiger partial charge in [-0.1, -0.05) is 12.1 Å². The molecule has 0 fully saturated rings. The van der Waals surface area contributed by atoms with E-state index < -0.39 is 0 Å². The van der Waals surface area contributed by atoms with Crippen molar-refractivity contribution in [3.8, 4) is 0 Å². The topological polar surface area (TPSA) is 17.4 Å². The molecule has 0 atom stereocenters. The zero-order valence-corrected chi connectivity index (χ0v) is 10.2. The molecule has 1 aromatic carbocycles. The number of aromatic amines is 1. The molecule has 0 aliphatic heterocycles. The fourth-order valence-electron chi connectivity index (χ4n) is 1.58. The summed E-state index contributed by atoms with van der Waals surface area (Å²) in [5, 5.41) is 0. The lowest BCUT2D eigenvalue weighted by Crippen LogP contribution is -2.07. The van der Waals surface area contributed by atoms with Crippen molar-refractivity contribution in [2.45, 2.75) is 0 Å². The van der Waals surface area contributed by atoms with Gasteiger partial charge in [0.25, 0.3) is 0 Å². The van der Waals surface area contributed by atoms with Gasteiger partial charge in [-0.2, -0.15) is 0 Å². The first-order valence-corrected chi connectivity index (χ1v) is 5.68. The molecule has 0 aliphatic carbocycles. The molecular weight excluding hydrogens is 208 g/mol. The molecule has 0 amide bonds. The average Bonchev–Trinajstić information content (AvgIpc) is 2.38. The van der Waals surface area contributed by atoms with Crippen LogP contribution in [0.15, 0.2) is 48.7 Å². The Morgan fingerprint density at radius 1 is 0.941 bits per heavy atom. The third-order valence-corrected chi connectivity index (χ3v) is 2.60. The fraction of sp³-hybridized carbons (Fsp3) is 0.133. The Labute approximate surface area is 102 Å². The van der Waals surface area contributed by atoms with Gasteiger partial charge in [-0.25, -0.2) is 4.98 Å². The van der Waals surface area contributed by atoms with Gasteiger partial charge in [0, 0.05) is 38.0 Å². The van der Waals surface area contributed by atoms with Crippen molar-refractivity contribution >= 4 is 17.8 Å². The van der Waals surface area contributed by atoms with Crippen LogP contribution in [0.3, 0.4) is 0 Å². The van der Waals surface area contributed by atoms with Gasteiger partial charge in [0.15, 0.2) is 6.20 Å². The van der Waals surface area contributed by atoms with E-state index in [2.05, 4.69) is 46.3 Å². The number of hydrogen-bond acceptors (Lipinski definition) is 1. The van der Waals surface area contributed by atoms with E-state index in [4.69, 9.17) is 0 Å². The summed E-state index contributed by atoms with van der Waals surface area (Å²) in [5.74, 6) is 0. The summed E-state index contributed by atoms with van der Waals surface area (Å²) in [6.07, 6.45) is 6.10. The molecule has 0 unspecified atom stereocenters. The minimum atomic E-state index is 1.10. The van der Waals surface area contributed by atoms with E-state index in [0.29, 0.717) is 0 Å². The van der Waals surface area contributed by atoms with Crippen LogP contribution in [0.2, 0.25) is 0 Å². The predicted molar refractivity (Wildman–Crippen MR) is 72.7 cm³/mol. The highest BCUT2D eigenvalue weighted by Gasteiger charge is 1.95. The number of H-pyrrole nitrogens is 1. The molecule has 17 heavy (non-hydrogen) atoms. The van der Waals surface area contributed by atoms with Gasteiger partial charge in [-0.3, -0.25) is 0 Å². The van der Waals surface area contributed by atoms with Gasteiger partial charge < -0.3 is 4.90 Å². The average molecular weight is 225 g/mol. The second-order valence-corrected chi connectivity index (χ2v) is 4.14. The van der Waals surface area contributed by atoms with E-state index in [9.17, 15) is 0 Å². The van der Waals surface area contributed by atoms with Gasteiger partial charge in [-0.05, 0) is 29.8 Å². The molecule has 2 nitrogen and oxygen atoms in total. The predicted octanol–water partition coefficient (Wildman–Crippen LogP) is 2.74. The minimum Gasteiger partial charge on any atom is -0.378 e. The van der Waals surface area contributed by atoms with E-state index in [1.807, 2.05) is 38.5 Å². The molecule has 0 bridgehead atoms. The quantitative estimate of drug-likeness (QED) is 0.785. The fourth-order valence-corrected chi connectivity index (χ4v) is 1.58. The zero-order valence-electron chi connectivity index (χ0n) is 10.2. The Hall–Kier alpha value is -2.09. The van der Waals surface area contributed by atoms with Crippen LogP contribution in [0.1, 0.15) is 11.3 Å². The van der Waals surface area contributed by atoms with Crippen molar-refractivity contribution < 1.29 is 4.98 Å². The number of anilines is 1. The molecule has 0 saturated heterocycles. The highest BCUT2D eigenvalue weighted by molar-refractivity contribution is 5.68. The summed E-state index contributed by atoms with van der Waals surface area (Å²) in [6.45, 7) is 0. The van der Waals surface area contributed by atoms with E-state index in [0.717, 1.165) is 5.69 Å². The Balaban J connectivity index is 2.12. The number of benzene rings is 1. The number of pyridine rings is 1. The maximum atomic E-state index is 3.17. The van der Waals surface area contributed by atoms with E-state index in [1.54, 1.807) is 0 Å². The first-order valence-electron chi connectivity index (χ1n) is 5.68. The van der Waals surface area contributed by atoms with Crippen LogP contribution in [-0.2, 0) is 0 Å². The normalized spacial score (nSPS) is 10.7. The maximum absolute atomic E-state index is 3.17. The van der Waals surface area contributed by atoms with E-state index in [1.165, 1.54) is 11.3 Å². The first kappa shape index (κ1) is 11.4. The molecule has 1 aromatic heterocycles. The molecule has 2 rings (SSSR count). The highest BCUT2D eigenvalue weighted by Crippen LogP contribution is 2.13. The molecular formula is C15H17N2+. The molecule has 0 aliphatic rings. The monoisotopic (exact) mass is 225 g/mol. The lowest BCUT2D eigenvalue weighted by molar-refractivity contribution is -0.380. The molecule has 1 heterocycles. The Morgan fingerprint density at radius 3 is 2.29 bits per heavy atom. The number of aromatic nitrogens is 1. The highest BCUT2D eigenvalue weighted by atomic mass is 15.1. The van der Waals surface area contributed by atoms with Crippen LogP contribution < -0.4 is 9.88 Å². The SMILES string of the molecule is CN(C)c1ccc(/C=C/c2cccc[nH+]2)cc1. The second-order valence-electron chi connectivity index (χ2n) is 4.14. The molecule has 2 aromatic rings. The first-order chi connectivity index (χ1) is 8.25. The van der Waals surface area contributed by atoms with Crippen LogP contribution in [0.25, 0.3) is 12.2 Å². The van der Waals surface area contributed by atoms with Gasteiger partial charge in [0.1, 0.15) is 0 Å². The second kappa shape index (κ2) is 5.30. The molecule has 0 spiro atoms. The number of nitrogens with zero attached hydrogens (tertiary/aromatic N) is 1.